The molecule has 0 aromatic heterocycles. The number of carbonyl (C=O) groups is 3. The highest BCUT2D eigenvalue weighted by Crippen LogP contribution is 2.13. The molecule has 2 saturated heterocycles. The van der Waals surface area contributed by atoms with Crippen LogP contribution in [0.15, 0.2) is 0 Å². The Hall–Kier alpha value is -2.12. The number of hydroxylamine groups is 2. The second kappa shape index (κ2) is 6.36. The number of rotatable bonds is 3. The van der Waals surface area contributed by atoms with E-state index in [9.17, 15) is 14.4 Å². The Balaban J connectivity index is 1.80. The average Bonchev–Trinajstić information content (AvgIpc) is 2.65. The van der Waals surface area contributed by atoms with E-state index in [1.54, 1.807) is 0 Å². The van der Waals surface area contributed by atoms with E-state index >= 15 is 0 Å². The van der Waals surface area contributed by atoms with E-state index in [2.05, 4.69) is 5.32 Å². The fourth-order valence-corrected chi connectivity index (χ4v) is 2.33. The van der Waals surface area contributed by atoms with Crippen molar-refractivity contribution < 1.29 is 19.2 Å². The van der Waals surface area contributed by atoms with Gasteiger partial charge in [-0.3, -0.25) is 15.0 Å². The molecular weight excluding hydrogens is 264 g/mol. The molecule has 8 nitrogen and oxygen atoms in total. The van der Waals surface area contributed by atoms with E-state index in [1.165, 1.54) is 6.34 Å². The molecule has 0 bridgehead atoms. The standard InChI is InChI=1S/C12H18N4O4/c13-8-15-6-1-2-9(5-7-15)14-12(19)20-16-10(17)3-4-11(16)18/h8-9,13H,1-7H2,(H,14,19). The largest absolute Gasteiger partial charge is 0.432 e. The first-order valence-corrected chi connectivity index (χ1v) is 6.69. The summed E-state index contributed by atoms with van der Waals surface area (Å²) in [6.07, 6.45) is 3.04. The number of nitrogens with zero attached hydrogens (tertiary/aromatic N) is 2. The molecule has 2 rings (SSSR count). The molecule has 8 heteroatoms. The average molecular weight is 282 g/mol. The minimum atomic E-state index is -0.776. The minimum Gasteiger partial charge on any atom is -0.363 e. The summed E-state index contributed by atoms with van der Waals surface area (Å²) in [6.45, 7) is 1.48. The third kappa shape index (κ3) is 3.46. The minimum absolute atomic E-state index is 0.0692. The zero-order chi connectivity index (χ0) is 14.5. The number of carbonyl (C=O) groups excluding carboxylic acids is 3. The van der Waals surface area contributed by atoms with Gasteiger partial charge in [-0.15, -0.1) is 5.06 Å². The predicted molar refractivity (Wildman–Crippen MR) is 68.7 cm³/mol. The highest BCUT2D eigenvalue weighted by Gasteiger charge is 2.33. The van der Waals surface area contributed by atoms with Gasteiger partial charge in [-0.05, 0) is 19.3 Å². The normalized spacial score (nSPS) is 23.5. The first-order valence-electron chi connectivity index (χ1n) is 6.69. The van der Waals surface area contributed by atoms with E-state index in [-0.39, 0.29) is 18.9 Å². The molecule has 1 atom stereocenters. The topological polar surface area (TPSA) is 103 Å². The Bertz CT molecular complexity index is 410. The second-order valence-corrected chi connectivity index (χ2v) is 4.90. The molecule has 2 fully saturated rings. The van der Waals surface area contributed by atoms with Crippen molar-refractivity contribution in [3.63, 3.8) is 0 Å². The van der Waals surface area contributed by atoms with E-state index in [0.29, 0.717) is 18.0 Å². The highest BCUT2D eigenvalue weighted by atomic mass is 16.7. The Morgan fingerprint density at radius 2 is 1.95 bits per heavy atom. The molecule has 110 valence electrons. The summed E-state index contributed by atoms with van der Waals surface area (Å²) >= 11 is 0. The lowest BCUT2D eigenvalue weighted by atomic mass is 10.1. The number of likely N-dealkylation sites (tertiary alicyclic amines) is 1. The number of amides is 3. The smallest absolute Gasteiger partial charge is 0.363 e. The number of hydrogen-bond acceptors (Lipinski definition) is 5. The summed E-state index contributed by atoms with van der Waals surface area (Å²) in [4.78, 5) is 41.0. The maximum Gasteiger partial charge on any atom is 0.432 e. The molecule has 0 radical (unpaired) electrons. The van der Waals surface area contributed by atoms with Crippen LogP contribution in [0.3, 0.4) is 0 Å². The molecule has 2 N–H and O–H groups in total. The molecule has 0 spiro atoms. The lowest BCUT2D eigenvalue weighted by Gasteiger charge is -2.19. The molecule has 20 heavy (non-hydrogen) atoms. The van der Waals surface area contributed by atoms with Crippen LogP contribution in [-0.4, -0.2) is 53.3 Å². The van der Waals surface area contributed by atoms with Crippen LogP contribution in [0.2, 0.25) is 0 Å². The predicted octanol–water partition coefficient (Wildman–Crippen LogP) is 0.238. The van der Waals surface area contributed by atoms with Crippen molar-refractivity contribution in [2.24, 2.45) is 0 Å². The summed E-state index contributed by atoms with van der Waals surface area (Å²) in [7, 11) is 0. The summed E-state index contributed by atoms with van der Waals surface area (Å²) < 4.78 is 0. The van der Waals surface area contributed by atoms with Crippen LogP contribution in [0.4, 0.5) is 4.79 Å². The lowest BCUT2D eigenvalue weighted by molar-refractivity contribution is -0.171. The van der Waals surface area contributed by atoms with Crippen molar-refractivity contribution in [1.29, 1.82) is 5.41 Å². The third-order valence-electron chi connectivity index (χ3n) is 3.45. The maximum absolute atomic E-state index is 11.7. The summed E-state index contributed by atoms with van der Waals surface area (Å²) in [5.41, 5.74) is 0. The first-order chi connectivity index (χ1) is 9.60. The van der Waals surface area contributed by atoms with Gasteiger partial charge >= 0.3 is 6.09 Å². The number of hydrogen-bond donors (Lipinski definition) is 2. The zero-order valence-electron chi connectivity index (χ0n) is 11.1. The van der Waals surface area contributed by atoms with Crippen molar-refractivity contribution in [3.8, 4) is 0 Å². The molecule has 0 aromatic rings. The van der Waals surface area contributed by atoms with Crippen molar-refractivity contribution in [1.82, 2.24) is 15.3 Å². The lowest BCUT2D eigenvalue weighted by Crippen LogP contribution is -2.41. The van der Waals surface area contributed by atoms with Crippen LogP contribution in [0.25, 0.3) is 0 Å². The second-order valence-electron chi connectivity index (χ2n) is 4.90. The molecule has 2 aliphatic rings. The molecule has 2 aliphatic heterocycles. The van der Waals surface area contributed by atoms with E-state index in [4.69, 9.17) is 10.2 Å². The first kappa shape index (κ1) is 14.3. The van der Waals surface area contributed by atoms with Gasteiger partial charge in [0.25, 0.3) is 11.8 Å². The van der Waals surface area contributed by atoms with Gasteiger partial charge in [-0.25, -0.2) is 4.79 Å². The monoisotopic (exact) mass is 282 g/mol. The third-order valence-corrected chi connectivity index (χ3v) is 3.45. The number of imide groups is 1. The molecule has 3 amide bonds. The van der Waals surface area contributed by atoms with E-state index < -0.39 is 17.9 Å². The van der Waals surface area contributed by atoms with Crippen LogP contribution < -0.4 is 5.32 Å². The van der Waals surface area contributed by atoms with Gasteiger partial charge in [-0.1, -0.05) is 0 Å². The fraction of sp³-hybridized carbons (Fsp3) is 0.667. The highest BCUT2D eigenvalue weighted by molar-refractivity contribution is 6.01. The van der Waals surface area contributed by atoms with E-state index in [1.807, 2.05) is 4.90 Å². The van der Waals surface area contributed by atoms with Gasteiger partial charge in [-0.2, -0.15) is 0 Å². The Morgan fingerprint density at radius 1 is 1.25 bits per heavy atom. The van der Waals surface area contributed by atoms with Gasteiger partial charge in [0.05, 0.1) is 6.34 Å². The van der Waals surface area contributed by atoms with Crippen LogP contribution in [0, 0.1) is 5.41 Å². The van der Waals surface area contributed by atoms with Crippen molar-refractivity contribution in [2.45, 2.75) is 38.1 Å². The molecule has 0 saturated carbocycles. The van der Waals surface area contributed by atoms with Gasteiger partial charge < -0.3 is 15.1 Å². The van der Waals surface area contributed by atoms with Gasteiger partial charge in [0.1, 0.15) is 0 Å². The molecule has 0 aliphatic carbocycles. The molecular formula is C12H18N4O4. The quantitative estimate of drug-likeness (QED) is 0.438. The Labute approximate surface area is 116 Å². The van der Waals surface area contributed by atoms with Crippen LogP contribution in [-0.2, 0) is 14.4 Å². The van der Waals surface area contributed by atoms with E-state index in [0.717, 1.165) is 19.4 Å². The Morgan fingerprint density at radius 3 is 2.60 bits per heavy atom. The van der Waals surface area contributed by atoms with Gasteiger partial charge in [0.2, 0.25) is 0 Å². The summed E-state index contributed by atoms with van der Waals surface area (Å²) in [5.74, 6) is -0.970. The zero-order valence-corrected chi connectivity index (χ0v) is 11.1. The van der Waals surface area contributed by atoms with Gasteiger partial charge in [0.15, 0.2) is 0 Å². The van der Waals surface area contributed by atoms with Crippen molar-refractivity contribution in [3.05, 3.63) is 0 Å². The SMILES string of the molecule is N=CN1CCCC(NC(=O)ON2C(=O)CCC2=O)CC1. The molecule has 0 aromatic carbocycles. The van der Waals surface area contributed by atoms with Crippen molar-refractivity contribution in [2.75, 3.05) is 13.1 Å². The van der Waals surface area contributed by atoms with Crippen molar-refractivity contribution >= 4 is 24.2 Å². The Kier molecular flexibility index (Phi) is 4.54. The maximum atomic E-state index is 11.7. The molecule has 1 unspecified atom stereocenters. The summed E-state index contributed by atoms with van der Waals surface area (Å²) in [5, 5.41) is 10.4. The number of nitrogens with one attached hydrogen (secondary N) is 2. The fourth-order valence-electron chi connectivity index (χ4n) is 2.33. The van der Waals surface area contributed by atoms with Crippen LogP contribution in [0.1, 0.15) is 32.1 Å². The molecule has 2 heterocycles. The van der Waals surface area contributed by atoms with Crippen LogP contribution >= 0.6 is 0 Å². The van der Waals surface area contributed by atoms with Crippen LogP contribution in [0.5, 0.6) is 0 Å². The summed E-state index contributed by atoms with van der Waals surface area (Å²) in [6, 6.07) is -0.0692. The van der Waals surface area contributed by atoms with Gasteiger partial charge in [0, 0.05) is 32.0 Å².